The van der Waals surface area contributed by atoms with Crippen molar-refractivity contribution >= 4 is 16.0 Å². The predicted molar refractivity (Wildman–Crippen MR) is 71.8 cm³/mol. The lowest BCUT2D eigenvalue weighted by Crippen LogP contribution is -2.37. The fourth-order valence-electron chi connectivity index (χ4n) is 2.78. The summed E-state index contributed by atoms with van der Waals surface area (Å²) in [5.41, 5.74) is 1.02. The molecule has 1 N–H and O–H groups in total. The van der Waals surface area contributed by atoms with E-state index in [1.165, 1.54) is 8.99 Å². The zero-order valence-electron chi connectivity index (χ0n) is 11.8. The molecule has 0 aromatic carbocycles. The van der Waals surface area contributed by atoms with Crippen molar-refractivity contribution in [3.63, 3.8) is 0 Å². The first-order chi connectivity index (χ1) is 9.25. The van der Waals surface area contributed by atoms with Crippen LogP contribution in [0.15, 0.2) is 4.90 Å². The number of aryl methyl sites for hydroxylation is 2. The van der Waals surface area contributed by atoms with Gasteiger partial charge in [-0.3, -0.25) is 9.48 Å². The van der Waals surface area contributed by atoms with Crippen LogP contribution in [0.25, 0.3) is 0 Å². The van der Waals surface area contributed by atoms with E-state index in [-0.39, 0.29) is 11.3 Å². The van der Waals surface area contributed by atoms with Gasteiger partial charge in [-0.25, -0.2) is 8.42 Å². The number of carboxylic acids is 1. The summed E-state index contributed by atoms with van der Waals surface area (Å²) in [6.07, 6.45) is 1.12. The van der Waals surface area contributed by atoms with Crippen LogP contribution in [0.2, 0.25) is 0 Å². The minimum absolute atomic E-state index is 0.155. The highest BCUT2D eigenvalue weighted by molar-refractivity contribution is 7.89. The molecule has 7 nitrogen and oxygen atoms in total. The summed E-state index contributed by atoms with van der Waals surface area (Å²) in [5, 5.41) is 13.0. The molecule has 20 heavy (non-hydrogen) atoms. The quantitative estimate of drug-likeness (QED) is 0.882. The topological polar surface area (TPSA) is 92.5 Å². The number of sulfonamides is 1. The predicted octanol–water partition coefficient (Wildman–Crippen LogP) is 0.665. The van der Waals surface area contributed by atoms with Crippen LogP contribution >= 0.6 is 0 Å². The number of carboxylic acid groups (broad SMARTS) is 1. The highest BCUT2D eigenvalue weighted by Crippen LogP contribution is 2.30. The van der Waals surface area contributed by atoms with Crippen molar-refractivity contribution in [1.29, 1.82) is 0 Å². The van der Waals surface area contributed by atoms with Gasteiger partial charge in [0.1, 0.15) is 4.90 Å². The van der Waals surface area contributed by atoms with Gasteiger partial charge in [-0.15, -0.1) is 0 Å². The van der Waals surface area contributed by atoms with Gasteiger partial charge in [0.25, 0.3) is 0 Å². The first kappa shape index (κ1) is 15.0. The third-order valence-corrected chi connectivity index (χ3v) is 5.95. The molecule has 1 aromatic heterocycles. The Balaban J connectivity index is 2.41. The smallest absolute Gasteiger partial charge is 0.304 e. The summed E-state index contributed by atoms with van der Waals surface area (Å²) in [5.74, 6) is -0.975. The third-order valence-electron chi connectivity index (χ3n) is 3.74. The van der Waals surface area contributed by atoms with E-state index in [1.807, 2.05) is 0 Å². The van der Waals surface area contributed by atoms with E-state index < -0.39 is 22.0 Å². The molecule has 112 valence electrons. The van der Waals surface area contributed by atoms with E-state index >= 15 is 0 Å². The third kappa shape index (κ3) is 2.45. The SMILES string of the molecule is Cc1nn(C)c(C)c1S(=O)(=O)N1CCCC1CC(=O)O. The maximum atomic E-state index is 12.8. The number of aliphatic carboxylic acids is 1. The summed E-state index contributed by atoms with van der Waals surface area (Å²) in [6, 6.07) is -0.462. The molecule has 0 aliphatic carbocycles. The van der Waals surface area contributed by atoms with E-state index in [1.54, 1.807) is 20.9 Å². The molecule has 2 heterocycles. The average Bonchev–Trinajstić information content (AvgIpc) is 2.85. The fourth-order valence-corrected chi connectivity index (χ4v) is 4.87. The lowest BCUT2D eigenvalue weighted by atomic mass is 10.2. The van der Waals surface area contributed by atoms with Crippen molar-refractivity contribution in [1.82, 2.24) is 14.1 Å². The number of carbonyl (C=O) groups is 1. The van der Waals surface area contributed by atoms with Crippen LogP contribution in [-0.2, 0) is 21.9 Å². The fraction of sp³-hybridized carbons (Fsp3) is 0.667. The second-order valence-corrected chi connectivity index (χ2v) is 6.96. The van der Waals surface area contributed by atoms with Gasteiger partial charge in [-0.2, -0.15) is 9.40 Å². The molecule has 2 rings (SSSR count). The summed E-state index contributed by atoms with van der Waals surface area (Å²) in [7, 11) is -1.99. The molecule has 0 radical (unpaired) electrons. The van der Waals surface area contributed by atoms with Crippen LogP contribution in [0.3, 0.4) is 0 Å². The highest BCUT2D eigenvalue weighted by atomic mass is 32.2. The van der Waals surface area contributed by atoms with Crippen molar-refractivity contribution < 1.29 is 18.3 Å². The van der Waals surface area contributed by atoms with Gasteiger partial charge in [0, 0.05) is 19.6 Å². The van der Waals surface area contributed by atoms with Gasteiger partial charge in [0.15, 0.2) is 0 Å². The van der Waals surface area contributed by atoms with Crippen LogP contribution in [0.4, 0.5) is 0 Å². The molecule has 0 amide bonds. The van der Waals surface area contributed by atoms with Gasteiger partial charge in [-0.1, -0.05) is 0 Å². The van der Waals surface area contributed by atoms with E-state index in [2.05, 4.69) is 5.10 Å². The highest BCUT2D eigenvalue weighted by Gasteiger charge is 2.38. The summed E-state index contributed by atoms with van der Waals surface area (Å²) in [6.45, 7) is 3.73. The standard InChI is InChI=1S/C12H19N3O4S/c1-8-12(9(2)14(3)13-8)20(18,19)15-6-4-5-10(15)7-11(16)17/h10H,4-7H2,1-3H3,(H,16,17). The Bertz CT molecular complexity index is 635. The number of nitrogens with zero attached hydrogens (tertiary/aromatic N) is 3. The molecule has 8 heteroatoms. The Kier molecular flexibility index (Phi) is 3.88. The number of aromatic nitrogens is 2. The molecule has 1 aromatic rings. The lowest BCUT2D eigenvalue weighted by Gasteiger charge is -2.23. The Hall–Kier alpha value is -1.41. The largest absolute Gasteiger partial charge is 0.481 e. The summed E-state index contributed by atoms with van der Waals surface area (Å²) >= 11 is 0. The van der Waals surface area contributed by atoms with Crippen LogP contribution in [0, 0.1) is 13.8 Å². The Morgan fingerprint density at radius 1 is 1.45 bits per heavy atom. The zero-order valence-corrected chi connectivity index (χ0v) is 12.6. The molecule has 1 atom stereocenters. The Morgan fingerprint density at radius 2 is 2.10 bits per heavy atom. The molecule has 0 spiro atoms. The molecule has 0 bridgehead atoms. The van der Waals surface area contributed by atoms with Crippen molar-refractivity contribution in [2.24, 2.45) is 7.05 Å². The molecule has 1 unspecified atom stereocenters. The van der Waals surface area contributed by atoms with Gasteiger partial charge in [-0.05, 0) is 26.7 Å². The first-order valence-corrected chi connectivity index (χ1v) is 7.93. The van der Waals surface area contributed by atoms with Crippen LogP contribution in [-0.4, -0.2) is 46.2 Å². The van der Waals surface area contributed by atoms with Gasteiger partial charge >= 0.3 is 5.97 Å². The molecule has 1 aliphatic rings. The monoisotopic (exact) mass is 301 g/mol. The average molecular weight is 301 g/mol. The molecular weight excluding hydrogens is 282 g/mol. The van der Waals surface area contributed by atoms with E-state index in [4.69, 9.17) is 5.11 Å². The maximum Gasteiger partial charge on any atom is 0.304 e. The zero-order chi connectivity index (χ0) is 15.1. The number of rotatable bonds is 4. The van der Waals surface area contributed by atoms with Gasteiger partial charge in [0.05, 0.1) is 17.8 Å². The van der Waals surface area contributed by atoms with Gasteiger partial charge < -0.3 is 5.11 Å². The van der Waals surface area contributed by atoms with Gasteiger partial charge in [0.2, 0.25) is 10.0 Å². The van der Waals surface area contributed by atoms with E-state index in [0.29, 0.717) is 30.8 Å². The summed E-state index contributed by atoms with van der Waals surface area (Å²) < 4.78 is 28.4. The van der Waals surface area contributed by atoms with Crippen molar-refractivity contribution in [2.75, 3.05) is 6.54 Å². The second kappa shape index (κ2) is 5.17. The normalized spacial score (nSPS) is 20.4. The van der Waals surface area contributed by atoms with Crippen molar-refractivity contribution in [3.8, 4) is 0 Å². The first-order valence-electron chi connectivity index (χ1n) is 6.49. The van der Waals surface area contributed by atoms with Crippen molar-refractivity contribution in [3.05, 3.63) is 11.4 Å². The molecule has 1 saturated heterocycles. The van der Waals surface area contributed by atoms with Crippen LogP contribution in [0.5, 0.6) is 0 Å². The molecule has 1 aliphatic heterocycles. The minimum atomic E-state index is -3.69. The molecule has 0 saturated carbocycles. The lowest BCUT2D eigenvalue weighted by molar-refractivity contribution is -0.137. The number of hydrogen-bond acceptors (Lipinski definition) is 4. The van der Waals surface area contributed by atoms with Crippen LogP contribution < -0.4 is 0 Å². The summed E-state index contributed by atoms with van der Waals surface area (Å²) in [4.78, 5) is 11.1. The van der Waals surface area contributed by atoms with Crippen molar-refractivity contribution in [2.45, 2.75) is 44.0 Å². The Morgan fingerprint density at radius 3 is 2.60 bits per heavy atom. The molecular formula is C12H19N3O4S. The number of hydrogen-bond donors (Lipinski definition) is 1. The maximum absolute atomic E-state index is 12.8. The Labute approximate surface area is 118 Å². The minimum Gasteiger partial charge on any atom is -0.481 e. The second-order valence-electron chi connectivity index (χ2n) is 5.13. The molecule has 1 fully saturated rings. The van der Waals surface area contributed by atoms with Crippen LogP contribution in [0.1, 0.15) is 30.7 Å². The van der Waals surface area contributed by atoms with E-state index in [9.17, 15) is 13.2 Å². The van der Waals surface area contributed by atoms with E-state index in [0.717, 1.165) is 0 Å².